The van der Waals surface area contributed by atoms with Crippen molar-refractivity contribution in [3.05, 3.63) is 34.9 Å². The van der Waals surface area contributed by atoms with E-state index in [0.29, 0.717) is 5.41 Å². The van der Waals surface area contributed by atoms with E-state index in [4.69, 9.17) is 0 Å². The molecule has 1 aromatic carbocycles. The fourth-order valence-corrected chi connectivity index (χ4v) is 2.84. The molecular formula is C17H27N. The monoisotopic (exact) mass is 245 g/mol. The summed E-state index contributed by atoms with van der Waals surface area (Å²) in [5.41, 5.74) is 4.99. The highest BCUT2D eigenvalue weighted by Crippen LogP contribution is 2.31. The second-order valence-corrected chi connectivity index (χ2v) is 6.22. The van der Waals surface area contributed by atoms with Crippen LogP contribution >= 0.6 is 0 Å². The van der Waals surface area contributed by atoms with Gasteiger partial charge in [-0.1, -0.05) is 39.0 Å². The topological polar surface area (TPSA) is 12.0 Å². The first-order chi connectivity index (χ1) is 8.63. The molecule has 100 valence electrons. The van der Waals surface area contributed by atoms with Crippen molar-refractivity contribution < 1.29 is 0 Å². The number of aryl methyl sites for hydroxylation is 2. The van der Waals surface area contributed by atoms with Gasteiger partial charge in [-0.2, -0.15) is 0 Å². The van der Waals surface area contributed by atoms with E-state index in [-0.39, 0.29) is 0 Å². The van der Waals surface area contributed by atoms with E-state index < -0.39 is 0 Å². The van der Waals surface area contributed by atoms with Crippen LogP contribution in [0.5, 0.6) is 0 Å². The molecule has 0 atom stereocenters. The molecule has 1 aromatic rings. The Morgan fingerprint density at radius 3 is 2.67 bits per heavy atom. The molecule has 0 saturated carbocycles. The van der Waals surface area contributed by atoms with Crippen LogP contribution in [0.15, 0.2) is 18.2 Å². The zero-order valence-electron chi connectivity index (χ0n) is 12.2. The number of rotatable bonds is 6. The van der Waals surface area contributed by atoms with Crippen molar-refractivity contribution in [1.82, 2.24) is 5.32 Å². The third kappa shape index (κ3) is 3.14. The number of benzene rings is 1. The Hall–Kier alpha value is -0.820. The van der Waals surface area contributed by atoms with Gasteiger partial charge in [-0.05, 0) is 67.3 Å². The van der Waals surface area contributed by atoms with Gasteiger partial charge in [0.05, 0.1) is 0 Å². The van der Waals surface area contributed by atoms with Crippen molar-refractivity contribution in [3.63, 3.8) is 0 Å². The molecule has 0 saturated heterocycles. The lowest BCUT2D eigenvalue weighted by Crippen LogP contribution is -2.26. The average Bonchev–Trinajstić information content (AvgIpc) is 2.82. The molecule has 2 rings (SSSR count). The van der Waals surface area contributed by atoms with Crippen LogP contribution in [0.3, 0.4) is 0 Å². The van der Waals surface area contributed by atoms with E-state index in [1.54, 1.807) is 11.1 Å². The van der Waals surface area contributed by atoms with Crippen LogP contribution in [0.25, 0.3) is 0 Å². The minimum Gasteiger partial charge on any atom is -0.317 e. The van der Waals surface area contributed by atoms with Gasteiger partial charge < -0.3 is 5.32 Å². The maximum absolute atomic E-state index is 3.51. The molecule has 1 aliphatic carbocycles. The van der Waals surface area contributed by atoms with Crippen LogP contribution in [0, 0.1) is 0 Å². The Morgan fingerprint density at radius 2 is 1.89 bits per heavy atom. The fourth-order valence-electron chi connectivity index (χ4n) is 2.84. The molecule has 1 heteroatoms. The molecular weight excluding hydrogens is 218 g/mol. The third-order valence-electron chi connectivity index (χ3n) is 4.23. The first-order valence-corrected chi connectivity index (χ1v) is 7.46. The van der Waals surface area contributed by atoms with Crippen molar-refractivity contribution >= 4 is 0 Å². The van der Waals surface area contributed by atoms with Crippen LogP contribution in [-0.2, 0) is 18.3 Å². The zero-order chi connectivity index (χ0) is 13.0. The summed E-state index contributed by atoms with van der Waals surface area (Å²) in [6.45, 7) is 9.23. The summed E-state index contributed by atoms with van der Waals surface area (Å²) in [7, 11) is 0. The van der Waals surface area contributed by atoms with Crippen LogP contribution in [0.4, 0.5) is 0 Å². The minimum atomic E-state index is 0.290. The maximum atomic E-state index is 3.51. The highest BCUT2D eigenvalue weighted by Gasteiger charge is 2.22. The molecule has 0 aromatic heterocycles. The van der Waals surface area contributed by atoms with Crippen LogP contribution in [0.2, 0.25) is 0 Å². The Morgan fingerprint density at radius 1 is 1.11 bits per heavy atom. The first kappa shape index (κ1) is 13.6. The predicted octanol–water partition coefficient (Wildman–Crippen LogP) is 3.84. The molecule has 0 bridgehead atoms. The Balaban J connectivity index is 2.00. The van der Waals surface area contributed by atoms with Gasteiger partial charge in [0.1, 0.15) is 0 Å². The quantitative estimate of drug-likeness (QED) is 0.751. The van der Waals surface area contributed by atoms with E-state index in [2.05, 4.69) is 44.3 Å². The Bertz CT molecular complexity index is 393. The first-order valence-electron chi connectivity index (χ1n) is 7.46. The molecule has 0 aliphatic heterocycles. The van der Waals surface area contributed by atoms with E-state index >= 15 is 0 Å². The summed E-state index contributed by atoms with van der Waals surface area (Å²) >= 11 is 0. The van der Waals surface area contributed by atoms with Gasteiger partial charge in [0, 0.05) is 0 Å². The number of nitrogens with one attached hydrogen (secondary N) is 1. The van der Waals surface area contributed by atoms with Gasteiger partial charge in [-0.15, -0.1) is 0 Å². The van der Waals surface area contributed by atoms with Gasteiger partial charge in [-0.25, -0.2) is 0 Å². The molecule has 1 N–H and O–H groups in total. The summed E-state index contributed by atoms with van der Waals surface area (Å²) < 4.78 is 0. The van der Waals surface area contributed by atoms with E-state index in [0.717, 1.165) is 13.1 Å². The SMILES string of the molecule is CCCNCCC(C)(C)c1ccc2c(c1)CCC2. The third-order valence-corrected chi connectivity index (χ3v) is 4.23. The van der Waals surface area contributed by atoms with Gasteiger partial charge in [0.25, 0.3) is 0 Å². The number of hydrogen-bond acceptors (Lipinski definition) is 1. The molecule has 0 spiro atoms. The van der Waals surface area contributed by atoms with E-state index in [9.17, 15) is 0 Å². The van der Waals surface area contributed by atoms with Gasteiger partial charge in [-0.3, -0.25) is 0 Å². The lowest BCUT2D eigenvalue weighted by molar-refractivity contribution is 0.457. The normalized spacial score (nSPS) is 14.8. The molecule has 0 amide bonds. The van der Waals surface area contributed by atoms with E-state index in [1.165, 1.54) is 37.7 Å². The molecule has 1 nitrogen and oxygen atoms in total. The zero-order valence-corrected chi connectivity index (χ0v) is 12.2. The van der Waals surface area contributed by atoms with Gasteiger partial charge in [0.2, 0.25) is 0 Å². The Labute approximate surface area is 112 Å². The Kier molecular flexibility index (Phi) is 4.45. The summed E-state index contributed by atoms with van der Waals surface area (Å²) in [6.07, 6.45) is 6.35. The fraction of sp³-hybridized carbons (Fsp3) is 0.647. The summed E-state index contributed by atoms with van der Waals surface area (Å²) in [4.78, 5) is 0. The molecule has 0 radical (unpaired) electrons. The van der Waals surface area contributed by atoms with Crippen LogP contribution < -0.4 is 5.32 Å². The second kappa shape index (κ2) is 5.88. The van der Waals surface area contributed by atoms with Crippen molar-refractivity contribution in [1.29, 1.82) is 0 Å². The molecule has 0 heterocycles. The highest BCUT2D eigenvalue weighted by atomic mass is 14.8. The van der Waals surface area contributed by atoms with Gasteiger partial charge >= 0.3 is 0 Å². The molecule has 0 fully saturated rings. The summed E-state index contributed by atoms with van der Waals surface area (Å²) in [5, 5.41) is 3.51. The van der Waals surface area contributed by atoms with Crippen molar-refractivity contribution in [2.24, 2.45) is 0 Å². The second-order valence-electron chi connectivity index (χ2n) is 6.22. The van der Waals surface area contributed by atoms with Gasteiger partial charge in [0.15, 0.2) is 0 Å². The van der Waals surface area contributed by atoms with E-state index in [1.807, 2.05) is 0 Å². The number of fused-ring (bicyclic) bond motifs is 1. The largest absolute Gasteiger partial charge is 0.317 e. The smallest absolute Gasteiger partial charge is 0.00406 e. The lowest BCUT2D eigenvalue weighted by atomic mass is 9.80. The van der Waals surface area contributed by atoms with Crippen molar-refractivity contribution in [2.75, 3.05) is 13.1 Å². The van der Waals surface area contributed by atoms with Crippen LogP contribution in [-0.4, -0.2) is 13.1 Å². The van der Waals surface area contributed by atoms with Crippen molar-refractivity contribution in [2.45, 2.75) is 58.3 Å². The molecule has 18 heavy (non-hydrogen) atoms. The highest BCUT2D eigenvalue weighted by molar-refractivity contribution is 5.38. The average molecular weight is 245 g/mol. The van der Waals surface area contributed by atoms with Crippen molar-refractivity contribution in [3.8, 4) is 0 Å². The molecule has 0 unspecified atom stereocenters. The molecule has 1 aliphatic rings. The standard InChI is InChI=1S/C17H27N/c1-4-11-18-12-10-17(2,3)16-9-8-14-6-5-7-15(14)13-16/h8-9,13,18H,4-7,10-12H2,1-3H3. The summed E-state index contributed by atoms with van der Waals surface area (Å²) in [6, 6.07) is 7.17. The number of hydrogen-bond donors (Lipinski definition) is 1. The minimum absolute atomic E-state index is 0.290. The maximum Gasteiger partial charge on any atom is -0.00406 e. The predicted molar refractivity (Wildman–Crippen MR) is 79.3 cm³/mol. The van der Waals surface area contributed by atoms with Crippen LogP contribution in [0.1, 0.15) is 56.7 Å². The lowest BCUT2D eigenvalue weighted by Gasteiger charge is -2.26. The summed E-state index contributed by atoms with van der Waals surface area (Å²) in [5.74, 6) is 0.